The molecule has 0 aliphatic rings. The fourth-order valence-corrected chi connectivity index (χ4v) is 3.81. The lowest BCUT2D eigenvalue weighted by Gasteiger charge is -2.18. The zero-order chi connectivity index (χ0) is 19.7. The van der Waals surface area contributed by atoms with Crippen LogP contribution in [0.15, 0.2) is 64.6 Å². The molecule has 0 aliphatic carbocycles. The van der Waals surface area contributed by atoms with E-state index in [1.807, 2.05) is 30.3 Å². The van der Waals surface area contributed by atoms with Crippen LogP contribution in [0.1, 0.15) is 19.4 Å². The van der Waals surface area contributed by atoms with Gasteiger partial charge in [-0.2, -0.15) is 4.31 Å². The van der Waals surface area contributed by atoms with E-state index in [0.717, 1.165) is 5.56 Å². The van der Waals surface area contributed by atoms with Gasteiger partial charge in [-0.3, -0.25) is 4.79 Å². The molecule has 144 valence electrons. The van der Waals surface area contributed by atoms with Crippen LogP contribution in [0.3, 0.4) is 0 Å². The average Bonchev–Trinajstić information content (AvgIpc) is 2.67. The second-order valence-electron chi connectivity index (χ2n) is 5.58. The van der Waals surface area contributed by atoms with Crippen LogP contribution in [0.2, 0.25) is 0 Å². The van der Waals surface area contributed by atoms with E-state index in [0.29, 0.717) is 18.8 Å². The van der Waals surface area contributed by atoms with E-state index in [1.165, 1.54) is 22.7 Å². The Morgan fingerprint density at radius 1 is 1.07 bits per heavy atom. The Morgan fingerprint density at radius 2 is 1.70 bits per heavy atom. The fourth-order valence-electron chi connectivity index (χ4n) is 2.35. The number of nitrogens with one attached hydrogen (secondary N) is 1. The van der Waals surface area contributed by atoms with Crippen molar-refractivity contribution >= 4 is 27.8 Å². The van der Waals surface area contributed by atoms with E-state index in [2.05, 4.69) is 10.5 Å². The number of hydrogen-bond donors (Lipinski definition) is 1. The molecule has 27 heavy (non-hydrogen) atoms. The molecule has 8 heteroatoms. The SMILES string of the molecule is CCN(CC)S(=O)(=O)c1ccc(NC(=O)CO/N=C\c2ccccc2)cc1. The number of nitrogens with zero attached hydrogens (tertiary/aromatic N) is 2. The Balaban J connectivity index is 1.88. The fraction of sp³-hybridized carbons (Fsp3) is 0.263. The Hall–Kier alpha value is -2.71. The van der Waals surface area contributed by atoms with Crippen LogP contribution in [0, 0.1) is 0 Å². The van der Waals surface area contributed by atoms with Gasteiger partial charge in [0.25, 0.3) is 5.91 Å². The zero-order valence-electron chi connectivity index (χ0n) is 15.3. The first-order valence-corrected chi connectivity index (χ1v) is 10.0. The minimum Gasteiger partial charge on any atom is -0.386 e. The maximum Gasteiger partial charge on any atom is 0.265 e. The number of amides is 1. The van der Waals surface area contributed by atoms with Crippen LogP contribution < -0.4 is 5.32 Å². The zero-order valence-corrected chi connectivity index (χ0v) is 16.1. The van der Waals surface area contributed by atoms with Crippen molar-refractivity contribution in [2.24, 2.45) is 5.16 Å². The molecule has 0 aliphatic heterocycles. The van der Waals surface area contributed by atoms with Gasteiger partial charge in [0.2, 0.25) is 10.0 Å². The third kappa shape index (κ3) is 5.90. The van der Waals surface area contributed by atoms with Crippen molar-refractivity contribution in [1.29, 1.82) is 0 Å². The van der Waals surface area contributed by atoms with E-state index in [1.54, 1.807) is 26.0 Å². The normalized spacial score (nSPS) is 11.7. The quantitative estimate of drug-likeness (QED) is 0.528. The van der Waals surface area contributed by atoms with E-state index >= 15 is 0 Å². The third-order valence-corrected chi connectivity index (χ3v) is 5.82. The van der Waals surface area contributed by atoms with E-state index in [9.17, 15) is 13.2 Å². The van der Waals surface area contributed by atoms with Gasteiger partial charge in [0.1, 0.15) is 0 Å². The molecule has 0 saturated heterocycles. The summed E-state index contributed by atoms with van der Waals surface area (Å²) in [7, 11) is -3.51. The topological polar surface area (TPSA) is 88.1 Å². The molecule has 2 aromatic carbocycles. The largest absolute Gasteiger partial charge is 0.386 e. The van der Waals surface area contributed by atoms with Crippen molar-refractivity contribution in [2.45, 2.75) is 18.7 Å². The first-order chi connectivity index (χ1) is 13.0. The van der Waals surface area contributed by atoms with Gasteiger partial charge in [-0.05, 0) is 29.8 Å². The molecular formula is C19H23N3O4S. The minimum absolute atomic E-state index is 0.188. The highest BCUT2D eigenvalue weighted by Crippen LogP contribution is 2.18. The number of benzene rings is 2. The van der Waals surface area contributed by atoms with Gasteiger partial charge in [-0.1, -0.05) is 49.3 Å². The highest BCUT2D eigenvalue weighted by atomic mass is 32.2. The van der Waals surface area contributed by atoms with Crippen LogP contribution in [0.25, 0.3) is 0 Å². The molecule has 2 aromatic rings. The van der Waals surface area contributed by atoms with Crippen molar-refractivity contribution in [3.63, 3.8) is 0 Å². The van der Waals surface area contributed by atoms with Crippen molar-refractivity contribution in [1.82, 2.24) is 4.31 Å². The second kappa shape index (κ2) is 9.84. The number of rotatable bonds is 9. The summed E-state index contributed by atoms with van der Waals surface area (Å²) in [5, 5.41) is 6.37. The van der Waals surface area contributed by atoms with Crippen LogP contribution in [-0.2, 0) is 19.7 Å². The Morgan fingerprint density at radius 3 is 2.30 bits per heavy atom. The molecule has 1 amide bonds. The molecule has 0 saturated carbocycles. The number of carbonyl (C=O) groups is 1. The summed E-state index contributed by atoms with van der Waals surface area (Å²) in [6.45, 7) is 4.13. The number of carbonyl (C=O) groups excluding carboxylic acids is 1. The van der Waals surface area contributed by atoms with Gasteiger partial charge < -0.3 is 10.2 Å². The van der Waals surface area contributed by atoms with Crippen molar-refractivity contribution < 1.29 is 18.0 Å². The highest BCUT2D eigenvalue weighted by molar-refractivity contribution is 7.89. The van der Waals surface area contributed by atoms with Gasteiger partial charge in [0.05, 0.1) is 11.1 Å². The van der Waals surface area contributed by atoms with Crippen LogP contribution in [0.4, 0.5) is 5.69 Å². The smallest absolute Gasteiger partial charge is 0.265 e. The molecule has 2 rings (SSSR count). The van der Waals surface area contributed by atoms with Crippen molar-refractivity contribution in [3.8, 4) is 0 Å². The van der Waals surface area contributed by atoms with Crippen molar-refractivity contribution in [2.75, 3.05) is 25.0 Å². The van der Waals surface area contributed by atoms with Crippen LogP contribution >= 0.6 is 0 Å². The van der Waals surface area contributed by atoms with Gasteiger partial charge in [0, 0.05) is 18.8 Å². The maximum absolute atomic E-state index is 12.4. The maximum atomic E-state index is 12.4. The van der Waals surface area contributed by atoms with Gasteiger partial charge >= 0.3 is 0 Å². The summed E-state index contributed by atoms with van der Waals surface area (Å²) >= 11 is 0. The Bertz CT molecular complexity index is 862. The molecule has 0 bridgehead atoms. The summed E-state index contributed by atoms with van der Waals surface area (Å²) in [6.07, 6.45) is 1.51. The standard InChI is InChI=1S/C19H23N3O4S/c1-3-22(4-2)27(24,25)18-12-10-17(11-13-18)21-19(23)15-26-20-14-16-8-6-5-7-9-16/h5-14H,3-4,15H2,1-2H3,(H,21,23)/b20-14-. The molecule has 0 radical (unpaired) electrons. The molecule has 7 nitrogen and oxygen atoms in total. The van der Waals surface area contributed by atoms with Crippen LogP contribution in [-0.4, -0.2) is 44.5 Å². The molecule has 0 spiro atoms. The molecular weight excluding hydrogens is 366 g/mol. The lowest BCUT2D eigenvalue weighted by atomic mass is 10.2. The summed E-state index contributed by atoms with van der Waals surface area (Å²) < 4.78 is 26.2. The number of sulfonamides is 1. The molecule has 0 heterocycles. The van der Waals surface area contributed by atoms with Gasteiger partial charge in [-0.15, -0.1) is 0 Å². The number of anilines is 1. The highest BCUT2D eigenvalue weighted by Gasteiger charge is 2.21. The lowest BCUT2D eigenvalue weighted by molar-refractivity contribution is -0.120. The molecule has 0 aromatic heterocycles. The third-order valence-electron chi connectivity index (χ3n) is 3.75. The Kier molecular flexibility index (Phi) is 7.51. The summed E-state index contributed by atoms with van der Waals surface area (Å²) in [4.78, 5) is 17.0. The molecule has 0 fully saturated rings. The minimum atomic E-state index is -3.51. The second-order valence-corrected chi connectivity index (χ2v) is 7.52. The Labute approximate surface area is 159 Å². The van der Waals surface area contributed by atoms with E-state index in [-0.39, 0.29) is 17.4 Å². The monoisotopic (exact) mass is 389 g/mol. The molecule has 0 unspecified atom stereocenters. The average molecular weight is 389 g/mol. The van der Waals surface area contributed by atoms with E-state index < -0.39 is 10.0 Å². The predicted octanol–water partition coefficient (Wildman–Crippen LogP) is 2.71. The first-order valence-electron chi connectivity index (χ1n) is 8.57. The number of oxime groups is 1. The summed E-state index contributed by atoms with van der Waals surface area (Å²) in [5.74, 6) is -0.389. The first kappa shape index (κ1) is 20.6. The number of hydrogen-bond acceptors (Lipinski definition) is 5. The van der Waals surface area contributed by atoms with E-state index in [4.69, 9.17) is 4.84 Å². The molecule has 0 atom stereocenters. The van der Waals surface area contributed by atoms with Gasteiger partial charge in [-0.25, -0.2) is 8.42 Å². The van der Waals surface area contributed by atoms with Crippen molar-refractivity contribution in [3.05, 3.63) is 60.2 Å². The van der Waals surface area contributed by atoms with Gasteiger partial charge in [0.15, 0.2) is 6.61 Å². The molecule has 1 N–H and O–H groups in total. The predicted molar refractivity (Wildman–Crippen MR) is 105 cm³/mol. The van der Waals surface area contributed by atoms with Crippen LogP contribution in [0.5, 0.6) is 0 Å². The summed E-state index contributed by atoms with van der Waals surface area (Å²) in [5.41, 5.74) is 1.34. The lowest BCUT2D eigenvalue weighted by Crippen LogP contribution is -2.30. The summed E-state index contributed by atoms with van der Waals surface area (Å²) in [6, 6.07) is 15.4.